The van der Waals surface area contributed by atoms with Crippen LogP contribution >= 0.6 is 0 Å². The molecule has 1 unspecified atom stereocenters. The van der Waals surface area contributed by atoms with Gasteiger partial charge in [-0.15, -0.1) is 0 Å². The van der Waals surface area contributed by atoms with Crippen LogP contribution in [-0.4, -0.2) is 18.5 Å². The molecule has 0 saturated carbocycles. The van der Waals surface area contributed by atoms with Gasteiger partial charge in [-0.05, 0) is 51.1 Å². The topological polar surface area (TPSA) is 84.3 Å². The van der Waals surface area contributed by atoms with Gasteiger partial charge in [-0.25, -0.2) is 4.79 Å². The number of benzene rings is 1. The lowest BCUT2D eigenvalue weighted by molar-refractivity contribution is -0.158. The van der Waals surface area contributed by atoms with Crippen LogP contribution < -0.4 is 0 Å². The van der Waals surface area contributed by atoms with Crippen molar-refractivity contribution < 1.29 is 14.3 Å². The van der Waals surface area contributed by atoms with Crippen molar-refractivity contribution in [2.75, 3.05) is 6.61 Å². The second kappa shape index (κ2) is 8.97. The van der Waals surface area contributed by atoms with E-state index in [4.69, 9.17) is 15.0 Å². The molecule has 0 aliphatic heterocycles. The molecule has 1 atom stereocenters. The van der Waals surface area contributed by atoms with Crippen LogP contribution in [0.15, 0.2) is 35.4 Å². The molecule has 24 heavy (non-hydrogen) atoms. The molecular weight excluding hydrogens is 306 g/mol. The molecule has 0 aliphatic carbocycles. The van der Waals surface area contributed by atoms with Crippen LogP contribution in [-0.2, 0) is 15.9 Å². The lowest BCUT2D eigenvalue weighted by Crippen LogP contribution is -2.37. The van der Waals surface area contributed by atoms with Gasteiger partial charge in [-0.3, -0.25) is 0 Å². The summed E-state index contributed by atoms with van der Waals surface area (Å²) in [5.74, 6) is 4.54. The summed E-state index contributed by atoms with van der Waals surface area (Å²) in [5, 5.41) is 2.96. The van der Waals surface area contributed by atoms with Crippen molar-refractivity contribution in [3.05, 3.63) is 46.3 Å². The Labute approximate surface area is 142 Å². The Kier molecular flexibility index (Phi) is 7.31. The highest BCUT2D eigenvalue weighted by Gasteiger charge is 2.33. The molecule has 0 bridgehead atoms. The Morgan fingerprint density at radius 2 is 1.92 bits per heavy atom. The van der Waals surface area contributed by atoms with Crippen LogP contribution in [0.5, 0.6) is 0 Å². The summed E-state index contributed by atoms with van der Waals surface area (Å²) in [5.41, 5.74) is 9.19. The van der Waals surface area contributed by atoms with E-state index in [9.17, 15) is 4.79 Å². The molecule has 1 aromatic rings. The third-order valence-corrected chi connectivity index (χ3v) is 2.97. The normalized spacial score (nSPS) is 13.0. The quantitative estimate of drug-likeness (QED) is 0.246. The van der Waals surface area contributed by atoms with E-state index in [1.165, 1.54) is 0 Å². The lowest BCUT2D eigenvalue weighted by Gasteiger charge is -2.28. The summed E-state index contributed by atoms with van der Waals surface area (Å²) in [4.78, 5) is 14.1. The largest absolute Gasteiger partial charge is 0.416 e. The van der Waals surface area contributed by atoms with E-state index in [1.54, 1.807) is 6.92 Å². The van der Waals surface area contributed by atoms with Crippen molar-refractivity contribution >= 4 is 6.09 Å². The molecule has 6 nitrogen and oxygen atoms in total. The number of nitrogens with zero attached hydrogens (tertiary/aromatic N) is 3. The minimum atomic E-state index is -1.44. The van der Waals surface area contributed by atoms with Crippen molar-refractivity contribution in [2.45, 2.75) is 46.3 Å². The van der Waals surface area contributed by atoms with Crippen molar-refractivity contribution in [3.8, 4) is 11.8 Å². The number of rotatable bonds is 6. The summed E-state index contributed by atoms with van der Waals surface area (Å²) < 4.78 is 10.9. The van der Waals surface area contributed by atoms with E-state index in [1.807, 2.05) is 51.1 Å². The third kappa shape index (κ3) is 7.19. The second-order valence-corrected chi connectivity index (χ2v) is 6.23. The van der Waals surface area contributed by atoms with Gasteiger partial charge in [0.1, 0.15) is 0 Å². The minimum Gasteiger partial charge on any atom is -0.416 e. The molecule has 1 amide bonds. The molecule has 6 heteroatoms. The van der Waals surface area contributed by atoms with E-state index in [-0.39, 0.29) is 5.41 Å². The first-order chi connectivity index (χ1) is 11.3. The maximum atomic E-state index is 11.7. The molecule has 1 aromatic carbocycles. The number of ether oxygens (including phenoxy) is 2. The van der Waals surface area contributed by atoms with Crippen LogP contribution in [0.25, 0.3) is 10.4 Å². The Morgan fingerprint density at radius 1 is 1.25 bits per heavy atom. The summed E-state index contributed by atoms with van der Waals surface area (Å²) in [7, 11) is 0. The van der Waals surface area contributed by atoms with Gasteiger partial charge in [0.2, 0.25) is 0 Å². The van der Waals surface area contributed by atoms with Crippen LogP contribution in [0, 0.1) is 17.3 Å². The van der Waals surface area contributed by atoms with E-state index in [2.05, 4.69) is 21.9 Å². The van der Waals surface area contributed by atoms with Crippen molar-refractivity contribution in [3.63, 3.8) is 0 Å². The Bertz CT molecular complexity index is 650. The predicted octanol–water partition coefficient (Wildman–Crippen LogP) is 4.85. The van der Waals surface area contributed by atoms with Crippen LogP contribution in [0.3, 0.4) is 0 Å². The Balaban J connectivity index is 3.10. The summed E-state index contributed by atoms with van der Waals surface area (Å²) >= 11 is 0. The number of aryl methyl sites for hydroxylation is 1. The molecule has 1 rings (SSSR count). The van der Waals surface area contributed by atoms with Gasteiger partial charge in [-0.1, -0.05) is 36.3 Å². The van der Waals surface area contributed by atoms with Gasteiger partial charge in [0.25, 0.3) is 5.79 Å². The molecule has 0 heterocycles. The van der Waals surface area contributed by atoms with Gasteiger partial charge in [0.15, 0.2) is 0 Å². The molecule has 0 fully saturated rings. The van der Waals surface area contributed by atoms with E-state index in [0.29, 0.717) is 19.4 Å². The monoisotopic (exact) mass is 329 g/mol. The fourth-order valence-electron chi connectivity index (χ4n) is 1.94. The highest BCUT2D eigenvalue weighted by atomic mass is 16.7. The van der Waals surface area contributed by atoms with Crippen molar-refractivity contribution in [1.82, 2.24) is 0 Å². The van der Waals surface area contributed by atoms with Crippen LogP contribution in [0.4, 0.5) is 4.79 Å². The van der Waals surface area contributed by atoms with Crippen LogP contribution in [0.1, 0.15) is 39.7 Å². The maximum absolute atomic E-state index is 11.7. The SMILES string of the molecule is CCOC(C#CC(C)(C)C)(CCc1ccccc1)OC(=O)N=[N+]=[N-]. The van der Waals surface area contributed by atoms with Crippen molar-refractivity contribution in [2.24, 2.45) is 10.5 Å². The number of amides is 1. The summed E-state index contributed by atoms with van der Waals surface area (Å²) in [6.45, 7) is 7.93. The Morgan fingerprint density at radius 3 is 2.46 bits per heavy atom. The molecule has 0 aromatic heterocycles. The molecular formula is C18H23N3O3. The highest BCUT2D eigenvalue weighted by Crippen LogP contribution is 2.23. The average Bonchev–Trinajstić information content (AvgIpc) is 2.52. The first-order valence-corrected chi connectivity index (χ1v) is 7.80. The molecule has 128 valence electrons. The average molecular weight is 329 g/mol. The van der Waals surface area contributed by atoms with E-state index < -0.39 is 11.9 Å². The zero-order valence-electron chi connectivity index (χ0n) is 14.6. The first kappa shape index (κ1) is 19.6. The third-order valence-electron chi connectivity index (χ3n) is 2.97. The zero-order valence-corrected chi connectivity index (χ0v) is 14.6. The summed E-state index contributed by atoms with van der Waals surface area (Å²) in [6, 6.07) is 9.75. The lowest BCUT2D eigenvalue weighted by atomic mass is 9.96. The van der Waals surface area contributed by atoms with Crippen molar-refractivity contribution in [1.29, 1.82) is 0 Å². The number of azide groups is 1. The number of hydrogen-bond donors (Lipinski definition) is 0. The summed E-state index contributed by atoms with van der Waals surface area (Å²) in [6.07, 6.45) is -0.119. The second-order valence-electron chi connectivity index (χ2n) is 6.23. The molecule has 0 N–H and O–H groups in total. The van der Waals surface area contributed by atoms with E-state index >= 15 is 0 Å². The fourth-order valence-corrected chi connectivity index (χ4v) is 1.94. The van der Waals surface area contributed by atoms with Crippen LogP contribution in [0.2, 0.25) is 0 Å². The minimum absolute atomic E-state index is 0.292. The first-order valence-electron chi connectivity index (χ1n) is 7.80. The van der Waals surface area contributed by atoms with Gasteiger partial charge < -0.3 is 9.47 Å². The molecule has 0 aliphatic rings. The fraction of sp³-hybridized carbons (Fsp3) is 0.500. The smallest absolute Gasteiger partial charge is 0.400 e. The van der Waals surface area contributed by atoms with Gasteiger partial charge in [-0.2, -0.15) is 0 Å². The number of hydrogen-bond acceptors (Lipinski definition) is 3. The standard InChI is InChI=1S/C18H23N3O3/c1-5-23-18(14-13-17(2,3)4,24-16(22)20-21-19)12-11-15-9-7-6-8-10-15/h6-10H,5,11-12H2,1-4H3. The van der Waals surface area contributed by atoms with Gasteiger partial charge >= 0.3 is 6.09 Å². The Hall–Kier alpha value is -2.48. The highest BCUT2D eigenvalue weighted by molar-refractivity contribution is 5.68. The molecule has 0 radical (unpaired) electrons. The van der Waals surface area contributed by atoms with Gasteiger partial charge in [0.05, 0.1) is 0 Å². The molecule has 0 spiro atoms. The van der Waals surface area contributed by atoms with E-state index in [0.717, 1.165) is 5.56 Å². The zero-order chi connectivity index (χ0) is 18.1. The predicted molar refractivity (Wildman–Crippen MR) is 92.0 cm³/mol. The number of carbonyl (C=O) groups is 1. The van der Waals surface area contributed by atoms with Gasteiger partial charge in [0, 0.05) is 28.5 Å². The maximum Gasteiger partial charge on any atom is 0.400 e. The number of carbonyl (C=O) groups excluding carboxylic acids is 1. The molecule has 0 saturated heterocycles.